The van der Waals surface area contributed by atoms with Gasteiger partial charge in [-0.3, -0.25) is 9.35 Å². The Morgan fingerprint density at radius 2 is 1.71 bits per heavy atom. The second-order valence-electron chi connectivity index (χ2n) is 13.8. The van der Waals surface area contributed by atoms with Gasteiger partial charge in [0.15, 0.2) is 0 Å². The fraction of sp³-hybridized carbons (Fsp3) is 0.966. The van der Waals surface area contributed by atoms with Crippen LogP contribution in [0.3, 0.4) is 0 Å². The number of aliphatic hydroxyl groups excluding tert-OH is 3. The summed E-state index contributed by atoms with van der Waals surface area (Å²) in [5.74, 6) is 1.26. The minimum atomic E-state index is -4.18. The molecular weight excluding hydrogens is 506 g/mol. The topological polar surface area (TPSA) is 144 Å². The van der Waals surface area contributed by atoms with Gasteiger partial charge in [-0.1, -0.05) is 34.1 Å². The van der Waals surface area contributed by atoms with Gasteiger partial charge in [0.1, 0.15) is 5.25 Å². The van der Waals surface area contributed by atoms with Crippen molar-refractivity contribution in [1.82, 2.24) is 5.32 Å². The second kappa shape index (κ2) is 10.9. The van der Waals surface area contributed by atoms with Crippen LogP contribution >= 0.6 is 0 Å². The molecule has 0 saturated heterocycles. The quantitative estimate of drug-likeness (QED) is 0.288. The Morgan fingerprint density at radius 3 is 2.34 bits per heavy atom. The molecule has 0 spiro atoms. The largest absolute Gasteiger partial charge is 0.393 e. The Kier molecular flexibility index (Phi) is 8.68. The van der Waals surface area contributed by atoms with E-state index in [1.54, 1.807) is 0 Å². The number of carbonyl (C=O) groups is 1. The van der Waals surface area contributed by atoms with Crippen LogP contribution in [0, 0.1) is 52.3 Å². The zero-order chi connectivity index (χ0) is 28.2. The third kappa shape index (κ3) is 5.08. The Bertz CT molecular complexity index is 974. The smallest absolute Gasteiger partial charge is 0.269 e. The van der Waals surface area contributed by atoms with E-state index in [0.29, 0.717) is 12.8 Å². The molecule has 13 atom stereocenters. The fourth-order valence-electron chi connectivity index (χ4n) is 9.90. The highest BCUT2D eigenvalue weighted by Crippen LogP contribution is 2.69. The Hall–Kier alpha value is -0.740. The molecule has 0 aromatic carbocycles. The van der Waals surface area contributed by atoms with Gasteiger partial charge in [0.05, 0.1) is 18.3 Å². The molecule has 4 aliphatic carbocycles. The molecule has 4 fully saturated rings. The summed E-state index contributed by atoms with van der Waals surface area (Å²) in [5, 5.41) is 35.7. The number of hydrogen-bond acceptors (Lipinski definition) is 6. The molecule has 0 bridgehead atoms. The summed E-state index contributed by atoms with van der Waals surface area (Å²) in [6.07, 6.45) is 5.73. The minimum absolute atomic E-state index is 0.0209. The summed E-state index contributed by atoms with van der Waals surface area (Å²) in [5.41, 5.74) is -0.305. The summed E-state index contributed by atoms with van der Waals surface area (Å²) in [7, 11) is -4.18. The van der Waals surface area contributed by atoms with Gasteiger partial charge >= 0.3 is 0 Å². The molecule has 5 N–H and O–H groups in total. The molecule has 0 heterocycles. The van der Waals surface area contributed by atoms with Crippen molar-refractivity contribution in [2.75, 3.05) is 6.54 Å². The van der Waals surface area contributed by atoms with Gasteiger partial charge in [0.2, 0.25) is 5.91 Å². The molecule has 0 radical (unpaired) electrons. The van der Waals surface area contributed by atoms with E-state index in [4.69, 9.17) is 4.55 Å². The van der Waals surface area contributed by atoms with Gasteiger partial charge in [0.25, 0.3) is 10.1 Å². The van der Waals surface area contributed by atoms with E-state index in [1.807, 2.05) is 0 Å². The first kappa shape index (κ1) is 30.2. The number of fused-ring (bicyclic) bond motifs is 5. The van der Waals surface area contributed by atoms with E-state index < -0.39 is 27.6 Å². The van der Waals surface area contributed by atoms with Crippen LogP contribution in [-0.2, 0) is 14.9 Å². The number of aliphatic hydroxyl groups is 3. The van der Waals surface area contributed by atoms with E-state index in [0.717, 1.165) is 38.5 Å². The zero-order valence-electron chi connectivity index (χ0n) is 23.8. The van der Waals surface area contributed by atoms with Crippen LogP contribution < -0.4 is 5.32 Å². The van der Waals surface area contributed by atoms with Gasteiger partial charge in [-0.15, -0.1) is 0 Å². The van der Waals surface area contributed by atoms with Crippen molar-refractivity contribution < 1.29 is 33.1 Å². The van der Waals surface area contributed by atoms with Gasteiger partial charge < -0.3 is 20.6 Å². The first-order valence-corrected chi connectivity index (χ1v) is 16.4. The summed E-state index contributed by atoms with van der Waals surface area (Å²) in [6, 6.07) is 0. The maximum atomic E-state index is 12.4. The van der Waals surface area contributed by atoms with Crippen LogP contribution in [0.5, 0.6) is 0 Å². The third-order valence-electron chi connectivity index (χ3n) is 12.2. The van der Waals surface area contributed by atoms with Gasteiger partial charge in [-0.25, -0.2) is 0 Å². The van der Waals surface area contributed by atoms with Crippen LogP contribution in [0.15, 0.2) is 0 Å². The lowest BCUT2D eigenvalue weighted by Gasteiger charge is -2.65. The molecular formula is C29H51NO7S. The monoisotopic (exact) mass is 557 g/mol. The van der Waals surface area contributed by atoms with Crippen molar-refractivity contribution in [3.05, 3.63) is 0 Å². The van der Waals surface area contributed by atoms with Crippen LogP contribution in [0.25, 0.3) is 0 Å². The molecule has 0 aromatic heterocycles. The Morgan fingerprint density at radius 1 is 1.03 bits per heavy atom. The number of nitrogens with one attached hydrogen (secondary N) is 1. The van der Waals surface area contributed by atoms with Crippen LogP contribution in [0.4, 0.5) is 0 Å². The summed E-state index contributed by atoms with van der Waals surface area (Å²) in [4.78, 5) is 12.4. The van der Waals surface area contributed by atoms with Gasteiger partial charge in [-0.05, 0) is 104 Å². The van der Waals surface area contributed by atoms with Crippen molar-refractivity contribution in [1.29, 1.82) is 0 Å². The minimum Gasteiger partial charge on any atom is -0.393 e. The average molecular weight is 558 g/mol. The van der Waals surface area contributed by atoms with E-state index in [1.165, 1.54) is 6.92 Å². The van der Waals surface area contributed by atoms with Gasteiger partial charge in [-0.2, -0.15) is 8.42 Å². The lowest BCUT2D eigenvalue weighted by atomic mass is 9.41. The van der Waals surface area contributed by atoms with Crippen molar-refractivity contribution in [3.8, 4) is 0 Å². The molecule has 4 saturated carbocycles. The molecule has 9 heteroatoms. The first-order chi connectivity index (χ1) is 17.7. The van der Waals surface area contributed by atoms with Crippen molar-refractivity contribution in [3.63, 3.8) is 0 Å². The van der Waals surface area contributed by atoms with Crippen LogP contribution in [0.2, 0.25) is 0 Å². The highest BCUT2D eigenvalue weighted by Gasteiger charge is 2.67. The lowest BCUT2D eigenvalue weighted by Crippen LogP contribution is -2.65. The van der Waals surface area contributed by atoms with E-state index in [-0.39, 0.29) is 77.2 Å². The Labute approximate surface area is 229 Å². The van der Waals surface area contributed by atoms with E-state index in [2.05, 4.69) is 33.0 Å². The van der Waals surface area contributed by atoms with Crippen molar-refractivity contribution in [2.45, 2.75) is 116 Å². The van der Waals surface area contributed by atoms with Crippen LogP contribution in [-0.4, -0.2) is 64.3 Å². The standard InChI is InChI=1S/C29H51NO7S/c1-6-19-22-13-18(31)11-12-28(22,4)23-14-24(32)29(5)20(8-9-21(29)26(23)27(19)34)16(2)7-10-25(33)30-15-17(3)38(35,36)37/h16-24,26-27,31-32,34H,6-15H2,1-5H3,(H,30,33)(H,35,36,37). The fourth-order valence-corrected chi connectivity index (χ4v) is 10.2. The van der Waals surface area contributed by atoms with Crippen LogP contribution in [0.1, 0.15) is 92.4 Å². The molecule has 8 nitrogen and oxygen atoms in total. The zero-order valence-corrected chi connectivity index (χ0v) is 24.7. The molecule has 0 aromatic rings. The maximum Gasteiger partial charge on any atom is 0.269 e. The summed E-state index contributed by atoms with van der Waals surface area (Å²) >= 11 is 0. The first-order valence-electron chi connectivity index (χ1n) is 14.9. The SMILES string of the molecule is CCC1C(O)C2C(CC(O)C3(C)C(C(C)CCC(=O)NCC(C)S(=O)(=O)O)CCC23)C2(C)CCC(O)CC12. The molecule has 38 heavy (non-hydrogen) atoms. The molecule has 220 valence electrons. The molecule has 13 unspecified atom stereocenters. The molecule has 4 aliphatic rings. The number of rotatable bonds is 8. The summed E-state index contributed by atoms with van der Waals surface area (Å²) < 4.78 is 31.5. The second-order valence-corrected chi connectivity index (χ2v) is 15.7. The maximum absolute atomic E-state index is 12.4. The predicted octanol–water partition coefficient (Wildman–Crippen LogP) is 3.39. The number of hydrogen-bond donors (Lipinski definition) is 5. The number of carbonyl (C=O) groups excluding carboxylic acids is 1. The normalized spacial score (nSPS) is 46.4. The highest BCUT2D eigenvalue weighted by molar-refractivity contribution is 7.86. The number of amides is 1. The Balaban J connectivity index is 1.48. The average Bonchev–Trinajstić information content (AvgIpc) is 3.21. The van der Waals surface area contributed by atoms with Gasteiger partial charge in [0, 0.05) is 13.0 Å². The third-order valence-corrected chi connectivity index (χ3v) is 13.4. The molecule has 0 aliphatic heterocycles. The van der Waals surface area contributed by atoms with Crippen molar-refractivity contribution in [2.24, 2.45) is 52.3 Å². The van der Waals surface area contributed by atoms with Crippen molar-refractivity contribution >= 4 is 16.0 Å². The summed E-state index contributed by atoms with van der Waals surface area (Å²) in [6.45, 7) is 10.1. The predicted molar refractivity (Wildman–Crippen MR) is 146 cm³/mol. The van der Waals surface area contributed by atoms with E-state index in [9.17, 15) is 28.5 Å². The molecule has 4 rings (SSSR count). The van der Waals surface area contributed by atoms with E-state index >= 15 is 0 Å². The molecule has 1 amide bonds. The lowest BCUT2D eigenvalue weighted by molar-refractivity contribution is -0.228. The highest BCUT2D eigenvalue weighted by atomic mass is 32.2.